The van der Waals surface area contributed by atoms with Crippen LogP contribution in [0.25, 0.3) is 0 Å². The number of anilines is 1. The van der Waals surface area contributed by atoms with Gasteiger partial charge in [-0.15, -0.1) is 0 Å². The minimum Gasteiger partial charge on any atom is -0.335 e. The lowest BCUT2D eigenvalue weighted by molar-refractivity contribution is -0.115. The minimum absolute atomic E-state index is 0.0650. The quantitative estimate of drug-likeness (QED) is 0.790. The van der Waals surface area contributed by atoms with Crippen molar-refractivity contribution in [1.82, 2.24) is 10.6 Å². The molecule has 2 rings (SSSR count). The van der Waals surface area contributed by atoms with Crippen LogP contribution in [0.5, 0.6) is 0 Å². The summed E-state index contributed by atoms with van der Waals surface area (Å²) in [4.78, 5) is 23.0. The van der Waals surface area contributed by atoms with Gasteiger partial charge in [-0.1, -0.05) is 17.7 Å². The largest absolute Gasteiger partial charge is 0.335 e. The second-order valence-corrected chi connectivity index (χ2v) is 5.05. The lowest BCUT2D eigenvalue weighted by Gasteiger charge is -2.10. The lowest BCUT2D eigenvalue weighted by atomic mass is 10.2. The van der Waals surface area contributed by atoms with Gasteiger partial charge in [-0.3, -0.25) is 4.79 Å². The fourth-order valence-electron chi connectivity index (χ4n) is 1.55. The van der Waals surface area contributed by atoms with Crippen molar-refractivity contribution in [3.63, 3.8) is 0 Å². The Morgan fingerprint density at radius 1 is 1.37 bits per heavy atom. The average Bonchev–Trinajstić information content (AvgIpc) is 3.15. The van der Waals surface area contributed by atoms with Crippen LogP contribution in [-0.4, -0.2) is 24.5 Å². The molecule has 1 fully saturated rings. The maximum absolute atomic E-state index is 11.7. The Balaban J connectivity index is 1.79. The first-order valence-corrected chi connectivity index (χ1v) is 6.53. The van der Waals surface area contributed by atoms with Crippen molar-refractivity contribution in [2.75, 3.05) is 11.9 Å². The van der Waals surface area contributed by atoms with E-state index in [1.807, 2.05) is 13.0 Å². The summed E-state index contributed by atoms with van der Waals surface area (Å²) in [5, 5.41) is 8.52. The van der Waals surface area contributed by atoms with Gasteiger partial charge >= 0.3 is 6.03 Å². The predicted molar refractivity (Wildman–Crippen MR) is 74.4 cm³/mol. The summed E-state index contributed by atoms with van der Waals surface area (Å²) in [6.07, 6.45) is 2.03. The smallest absolute Gasteiger partial charge is 0.315 e. The van der Waals surface area contributed by atoms with Crippen LogP contribution in [0.2, 0.25) is 5.02 Å². The van der Waals surface area contributed by atoms with Crippen LogP contribution in [-0.2, 0) is 4.79 Å². The Kier molecular flexibility index (Phi) is 4.27. The molecule has 1 saturated carbocycles. The zero-order chi connectivity index (χ0) is 13.8. The second kappa shape index (κ2) is 5.93. The van der Waals surface area contributed by atoms with Crippen molar-refractivity contribution in [2.24, 2.45) is 0 Å². The van der Waals surface area contributed by atoms with Gasteiger partial charge in [0.25, 0.3) is 0 Å². The molecule has 102 valence electrons. The number of hydrogen-bond acceptors (Lipinski definition) is 2. The lowest BCUT2D eigenvalue weighted by Crippen LogP contribution is -2.40. The molecule has 0 unspecified atom stereocenters. The number of urea groups is 1. The third kappa shape index (κ3) is 4.44. The summed E-state index contributed by atoms with van der Waals surface area (Å²) in [5.74, 6) is -0.281. The fourth-order valence-corrected chi connectivity index (χ4v) is 1.72. The molecule has 5 nitrogen and oxygen atoms in total. The number of carbonyl (C=O) groups is 2. The SMILES string of the molecule is Cc1ccc(Cl)cc1NC(=O)CNC(=O)NC1CC1. The Hall–Kier alpha value is -1.75. The standard InChI is InChI=1S/C13H16ClN3O2/c1-8-2-3-9(14)6-11(8)17-12(18)7-15-13(19)16-10-4-5-10/h2-3,6,10H,4-5,7H2,1H3,(H,17,18)(H2,15,16,19). The van der Waals surface area contributed by atoms with Gasteiger partial charge in [0, 0.05) is 16.8 Å². The zero-order valence-electron chi connectivity index (χ0n) is 10.6. The molecule has 0 heterocycles. The van der Waals surface area contributed by atoms with Gasteiger partial charge in [0.05, 0.1) is 6.54 Å². The molecule has 0 spiro atoms. The molecule has 3 amide bonds. The van der Waals surface area contributed by atoms with Crippen LogP contribution in [0.1, 0.15) is 18.4 Å². The summed E-state index contributed by atoms with van der Waals surface area (Å²) < 4.78 is 0. The molecule has 0 atom stereocenters. The van der Waals surface area contributed by atoms with Crippen molar-refractivity contribution in [1.29, 1.82) is 0 Å². The van der Waals surface area contributed by atoms with E-state index in [4.69, 9.17) is 11.6 Å². The molecular weight excluding hydrogens is 266 g/mol. The maximum Gasteiger partial charge on any atom is 0.315 e. The van der Waals surface area contributed by atoms with Crippen molar-refractivity contribution in [3.05, 3.63) is 28.8 Å². The summed E-state index contributed by atoms with van der Waals surface area (Å²) in [5.41, 5.74) is 1.57. The van der Waals surface area contributed by atoms with E-state index in [2.05, 4.69) is 16.0 Å². The zero-order valence-corrected chi connectivity index (χ0v) is 11.4. The monoisotopic (exact) mass is 281 g/mol. The number of rotatable bonds is 4. The van der Waals surface area contributed by atoms with Gasteiger partial charge in [0.15, 0.2) is 0 Å². The molecular formula is C13H16ClN3O2. The first kappa shape index (κ1) is 13.7. The van der Waals surface area contributed by atoms with Crippen LogP contribution in [0.3, 0.4) is 0 Å². The number of hydrogen-bond donors (Lipinski definition) is 3. The van der Waals surface area contributed by atoms with Gasteiger partial charge in [-0.05, 0) is 37.5 Å². The molecule has 19 heavy (non-hydrogen) atoms. The summed E-state index contributed by atoms with van der Waals surface area (Å²) in [7, 11) is 0. The van der Waals surface area contributed by atoms with Gasteiger partial charge in [0.2, 0.25) is 5.91 Å². The van der Waals surface area contributed by atoms with E-state index in [0.717, 1.165) is 18.4 Å². The van der Waals surface area contributed by atoms with Gasteiger partial charge in [0.1, 0.15) is 0 Å². The van der Waals surface area contributed by atoms with Crippen LogP contribution in [0.4, 0.5) is 10.5 Å². The van der Waals surface area contributed by atoms with E-state index in [0.29, 0.717) is 10.7 Å². The van der Waals surface area contributed by atoms with E-state index < -0.39 is 0 Å². The number of benzene rings is 1. The topological polar surface area (TPSA) is 70.2 Å². The van der Waals surface area contributed by atoms with Crippen LogP contribution < -0.4 is 16.0 Å². The highest BCUT2D eigenvalue weighted by Crippen LogP contribution is 2.20. The third-order valence-electron chi connectivity index (χ3n) is 2.80. The number of halogens is 1. The van der Waals surface area contributed by atoms with Gasteiger partial charge in [-0.2, -0.15) is 0 Å². The van der Waals surface area contributed by atoms with Crippen molar-refractivity contribution in [2.45, 2.75) is 25.8 Å². The normalized spacial score (nSPS) is 13.8. The number of amides is 3. The highest BCUT2D eigenvalue weighted by Gasteiger charge is 2.23. The van der Waals surface area contributed by atoms with E-state index in [1.165, 1.54) is 0 Å². The summed E-state index contributed by atoms with van der Waals surface area (Å²) in [6.45, 7) is 1.81. The minimum atomic E-state index is -0.305. The molecule has 0 radical (unpaired) electrons. The molecule has 0 bridgehead atoms. The second-order valence-electron chi connectivity index (χ2n) is 4.61. The van der Waals surface area contributed by atoms with Crippen LogP contribution in [0, 0.1) is 6.92 Å². The highest BCUT2D eigenvalue weighted by molar-refractivity contribution is 6.31. The molecule has 1 aromatic rings. The molecule has 1 aliphatic rings. The van der Waals surface area contributed by atoms with Crippen LogP contribution >= 0.6 is 11.6 Å². The fraction of sp³-hybridized carbons (Fsp3) is 0.385. The molecule has 1 aromatic carbocycles. The first-order chi connectivity index (χ1) is 9.04. The number of carbonyl (C=O) groups excluding carboxylic acids is 2. The predicted octanol–water partition coefficient (Wildman–Crippen LogP) is 2.05. The van der Waals surface area contributed by atoms with Crippen molar-refractivity contribution < 1.29 is 9.59 Å². The summed E-state index contributed by atoms with van der Waals surface area (Å²) in [6, 6.07) is 5.23. The average molecular weight is 282 g/mol. The molecule has 0 aliphatic heterocycles. The molecule has 0 saturated heterocycles. The van der Waals surface area contributed by atoms with Crippen LogP contribution in [0.15, 0.2) is 18.2 Å². The van der Waals surface area contributed by atoms with Crippen molar-refractivity contribution in [3.8, 4) is 0 Å². The maximum atomic E-state index is 11.7. The molecule has 1 aliphatic carbocycles. The van der Waals surface area contributed by atoms with Crippen molar-refractivity contribution >= 4 is 29.2 Å². The first-order valence-electron chi connectivity index (χ1n) is 6.15. The Morgan fingerprint density at radius 2 is 2.11 bits per heavy atom. The van der Waals surface area contributed by atoms with E-state index in [9.17, 15) is 9.59 Å². The van der Waals surface area contributed by atoms with Gasteiger partial charge in [-0.25, -0.2) is 4.79 Å². The van der Waals surface area contributed by atoms with Gasteiger partial charge < -0.3 is 16.0 Å². The summed E-state index contributed by atoms with van der Waals surface area (Å²) >= 11 is 5.86. The molecule has 3 N–H and O–H groups in total. The van der Waals surface area contributed by atoms with E-state index >= 15 is 0 Å². The van der Waals surface area contributed by atoms with E-state index in [1.54, 1.807) is 12.1 Å². The molecule has 0 aromatic heterocycles. The molecule has 6 heteroatoms. The number of aryl methyl sites for hydroxylation is 1. The Bertz CT molecular complexity index is 501. The Labute approximate surface area is 116 Å². The number of nitrogens with one attached hydrogen (secondary N) is 3. The Morgan fingerprint density at radius 3 is 2.79 bits per heavy atom. The third-order valence-corrected chi connectivity index (χ3v) is 3.03. The van der Waals surface area contributed by atoms with E-state index in [-0.39, 0.29) is 24.5 Å². The highest BCUT2D eigenvalue weighted by atomic mass is 35.5.